The minimum Gasteiger partial charge on any atom is -0.375 e. The number of hydrogen-bond acceptors (Lipinski definition) is 5. The zero-order chi connectivity index (χ0) is 14.3. The van der Waals surface area contributed by atoms with Gasteiger partial charge in [-0.3, -0.25) is 9.58 Å². The Hall–Kier alpha value is -1.40. The molecule has 0 radical (unpaired) electrons. The summed E-state index contributed by atoms with van der Waals surface area (Å²) in [6.45, 7) is 6.35. The lowest BCUT2D eigenvalue weighted by Gasteiger charge is -2.24. The molecule has 1 fully saturated rings. The van der Waals surface area contributed by atoms with Crippen molar-refractivity contribution in [3.05, 3.63) is 28.0 Å². The highest BCUT2D eigenvalue weighted by Gasteiger charge is 2.30. The van der Waals surface area contributed by atoms with Gasteiger partial charge in [-0.25, -0.2) is 4.98 Å². The molecule has 108 valence electrons. The Morgan fingerprint density at radius 2 is 2.25 bits per heavy atom. The Balaban J connectivity index is 1.85. The molecule has 0 amide bonds. The number of thiazole rings is 1. The lowest BCUT2D eigenvalue weighted by atomic mass is 10.0. The van der Waals surface area contributed by atoms with Crippen LogP contribution >= 0.6 is 11.3 Å². The van der Waals surface area contributed by atoms with E-state index >= 15 is 0 Å². The maximum atomic E-state index is 5.73. The fourth-order valence-corrected chi connectivity index (χ4v) is 3.92. The van der Waals surface area contributed by atoms with Gasteiger partial charge < -0.3 is 5.73 Å². The quantitative estimate of drug-likeness (QED) is 0.943. The zero-order valence-corrected chi connectivity index (χ0v) is 13.1. The van der Waals surface area contributed by atoms with Crippen molar-refractivity contribution in [1.29, 1.82) is 0 Å². The number of nitrogens with two attached hydrogens (primary N) is 1. The van der Waals surface area contributed by atoms with Gasteiger partial charge in [0.2, 0.25) is 0 Å². The van der Waals surface area contributed by atoms with Crippen LogP contribution in [0.5, 0.6) is 0 Å². The third-order valence-electron chi connectivity index (χ3n) is 4.19. The Morgan fingerprint density at radius 3 is 2.85 bits per heavy atom. The average Bonchev–Trinajstić information content (AvgIpc) is 3.05. The predicted octanol–water partition coefficient (Wildman–Crippen LogP) is 2.41. The van der Waals surface area contributed by atoms with Crippen LogP contribution in [0.2, 0.25) is 0 Å². The molecule has 0 aromatic carbocycles. The molecule has 2 aromatic rings. The zero-order valence-electron chi connectivity index (χ0n) is 12.3. The lowest BCUT2D eigenvalue weighted by Crippen LogP contribution is -2.23. The Bertz CT molecular complexity index is 615. The van der Waals surface area contributed by atoms with Crippen LogP contribution in [-0.4, -0.2) is 26.2 Å². The predicted molar refractivity (Wildman–Crippen MR) is 81.6 cm³/mol. The van der Waals surface area contributed by atoms with Gasteiger partial charge in [0.25, 0.3) is 0 Å². The Labute approximate surface area is 123 Å². The standard InChI is InChI=1S/C14H21N5S/c1-9-13(10(2)18(3)17-9)12-5-4-6-19(12)8-11-7-16-14(15)20-11/h7,12H,4-6,8H2,1-3H3,(H2,15,16). The highest BCUT2D eigenvalue weighted by molar-refractivity contribution is 7.15. The number of anilines is 1. The monoisotopic (exact) mass is 291 g/mol. The summed E-state index contributed by atoms with van der Waals surface area (Å²) in [5, 5.41) is 5.22. The number of nitrogens with zero attached hydrogens (tertiary/aromatic N) is 4. The molecule has 0 saturated carbocycles. The fraction of sp³-hybridized carbons (Fsp3) is 0.571. The van der Waals surface area contributed by atoms with E-state index < -0.39 is 0 Å². The van der Waals surface area contributed by atoms with Gasteiger partial charge in [0.05, 0.1) is 5.69 Å². The first kappa shape index (κ1) is 13.6. The van der Waals surface area contributed by atoms with Crippen molar-refractivity contribution in [1.82, 2.24) is 19.7 Å². The molecular weight excluding hydrogens is 270 g/mol. The van der Waals surface area contributed by atoms with Crippen LogP contribution in [0.25, 0.3) is 0 Å². The van der Waals surface area contributed by atoms with Crippen molar-refractivity contribution >= 4 is 16.5 Å². The smallest absolute Gasteiger partial charge is 0.180 e. The molecule has 1 saturated heterocycles. The third-order valence-corrected chi connectivity index (χ3v) is 5.00. The highest BCUT2D eigenvalue weighted by Crippen LogP contribution is 2.36. The molecule has 5 nitrogen and oxygen atoms in total. The molecule has 0 spiro atoms. The summed E-state index contributed by atoms with van der Waals surface area (Å²) in [4.78, 5) is 7.92. The number of nitrogen functional groups attached to an aromatic ring is 1. The molecule has 20 heavy (non-hydrogen) atoms. The summed E-state index contributed by atoms with van der Waals surface area (Å²) < 4.78 is 1.99. The average molecular weight is 291 g/mol. The van der Waals surface area contributed by atoms with Crippen LogP contribution in [0.15, 0.2) is 6.20 Å². The maximum Gasteiger partial charge on any atom is 0.180 e. The van der Waals surface area contributed by atoms with Crippen LogP contribution in [-0.2, 0) is 13.6 Å². The van der Waals surface area contributed by atoms with Crippen molar-refractivity contribution in [2.24, 2.45) is 7.05 Å². The summed E-state index contributed by atoms with van der Waals surface area (Å²) in [6, 6.07) is 0.479. The minimum atomic E-state index is 0.479. The fourth-order valence-electron chi connectivity index (χ4n) is 3.21. The second-order valence-electron chi connectivity index (χ2n) is 5.50. The summed E-state index contributed by atoms with van der Waals surface area (Å²) >= 11 is 1.59. The van der Waals surface area contributed by atoms with Crippen LogP contribution in [0, 0.1) is 13.8 Å². The van der Waals surface area contributed by atoms with E-state index in [1.165, 1.54) is 29.0 Å². The molecule has 3 heterocycles. The first-order valence-electron chi connectivity index (χ1n) is 7.00. The van der Waals surface area contributed by atoms with Gasteiger partial charge in [0.15, 0.2) is 5.13 Å². The molecule has 1 unspecified atom stereocenters. The van der Waals surface area contributed by atoms with E-state index in [9.17, 15) is 0 Å². The van der Waals surface area contributed by atoms with E-state index in [0.29, 0.717) is 11.2 Å². The van der Waals surface area contributed by atoms with Gasteiger partial charge in [-0.15, -0.1) is 11.3 Å². The number of aromatic nitrogens is 3. The van der Waals surface area contributed by atoms with E-state index in [1.54, 1.807) is 11.3 Å². The van der Waals surface area contributed by atoms with Gasteiger partial charge in [-0.2, -0.15) is 5.10 Å². The molecule has 1 aliphatic heterocycles. The molecule has 1 atom stereocenters. The van der Waals surface area contributed by atoms with Crippen molar-refractivity contribution in [3.63, 3.8) is 0 Å². The molecule has 2 N–H and O–H groups in total. The van der Waals surface area contributed by atoms with E-state index in [4.69, 9.17) is 5.73 Å². The summed E-state index contributed by atoms with van der Waals surface area (Å²) in [7, 11) is 2.02. The first-order valence-corrected chi connectivity index (χ1v) is 7.82. The second kappa shape index (κ2) is 5.18. The van der Waals surface area contributed by atoms with Gasteiger partial charge in [-0.1, -0.05) is 0 Å². The number of rotatable bonds is 3. The normalized spacial score (nSPS) is 19.9. The number of aryl methyl sites for hydroxylation is 2. The maximum absolute atomic E-state index is 5.73. The summed E-state index contributed by atoms with van der Waals surface area (Å²) in [5.41, 5.74) is 9.57. The Morgan fingerprint density at radius 1 is 1.45 bits per heavy atom. The van der Waals surface area contributed by atoms with Crippen molar-refractivity contribution in [2.75, 3.05) is 12.3 Å². The van der Waals surface area contributed by atoms with E-state index in [0.717, 1.165) is 18.8 Å². The summed E-state index contributed by atoms with van der Waals surface area (Å²) in [6.07, 6.45) is 4.35. The minimum absolute atomic E-state index is 0.479. The molecule has 0 bridgehead atoms. The topological polar surface area (TPSA) is 60.0 Å². The van der Waals surface area contributed by atoms with Crippen LogP contribution in [0.3, 0.4) is 0 Å². The number of hydrogen-bond donors (Lipinski definition) is 1. The van der Waals surface area contributed by atoms with E-state index in [2.05, 4.69) is 28.8 Å². The van der Waals surface area contributed by atoms with Gasteiger partial charge in [-0.05, 0) is 33.2 Å². The van der Waals surface area contributed by atoms with Crippen LogP contribution in [0.1, 0.15) is 40.7 Å². The molecule has 2 aromatic heterocycles. The van der Waals surface area contributed by atoms with E-state index in [1.807, 2.05) is 17.9 Å². The van der Waals surface area contributed by atoms with Gasteiger partial charge in [0.1, 0.15) is 0 Å². The molecule has 6 heteroatoms. The molecular formula is C14H21N5S. The van der Waals surface area contributed by atoms with Gasteiger partial charge in [0, 0.05) is 42.0 Å². The second-order valence-corrected chi connectivity index (χ2v) is 6.65. The third kappa shape index (κ3) is 2.33. The van der Waals surface area contributed by atoms with Crippen molar-refractivity contribution < 1.29 is 0 Å². The number of likely N-dealkylation sites (tertiary alicyclic amines) is 1. The van der Waals surface area contributed by atoms with E-state index in [-0.39, 0.29) is 0 Å². The first-order chi connectivity index (χ1) is 9.56. The van der Waals surface area contributed by atoms with Crippen LogP contribution in [0.4, 0.5) is 5.13 Å². The van der Waals surface area contributed by atoms with Crippen molar-refractivity contribution in [3.8, 4) is 0 Å². The Kier molecular flexibility index (Phi) is 3.52. The largest absolute Gasteiger partial charge is 0.375 e. The van der Waals surface area contributed by atoms with Gasteiger partial charge >= 0.3 is 0 Å². The van der Waals surface area contributed by atoms with Crippen molar-refractivity contribution in [2.45, 2.75) is 39.3 Å². The summed E-state index contributed by atoms with van der Waals surface area (Å²) in [5.74, 6) is 0. The molecule has 3 rings (SSSR count). The molecule has 1 aliphatic rings. The highest BCUT2D eigenvalue weighted by atomic mass is 32.1. The molecule has 0 aliphatic carbocycles. The lowest BCUT2D eigenvalue weighted by molar-refractivity contribution is 0.249. The SMILES string of the molecule is Cc1nn(C)c(C)c1C1CCCN1Cc1cnc(N)s1. The van der Waals surface area contributed by atoms with Crippen LogP contribution < -0.4 is 5.73 Å².